The molecule has 0 atom stereocenters. The number of hydrogen-bond donors (Lipinski definition) is 2. The number of aromatic amines is 1. The minimum absolute atomic E-state index is 0.105. The molecular weight excluding hydrogens is 513 g/mol. The summed E-state index contributed by atoms with van der Waals surface area (Å²) in [6.45, 7) is -0.301. The molecule has 11 heteroatoms. The molecule has 0 saturated carbocycles. The van der Waals surface area contributed by atoms with E-state index in [9.17, 15) is 27.6 Å². The fourth-order valence-electron chi connectivity index (χ4n) is 4.18. The molecule has 2 N–H and O–H groups in total. The Hall–Kier alpha value is -5.06. The van der Waals surface area contributed by atoms with Crippen LogP contribution in [-0.4, -0.2) is 33.7 Å². The maximum Gasteiger partial charge on any atom is 0.329 e. The molecule has 5 rings (SSSR count). The average molecular weight is 534 g/mol. The third-order valence-electron chi connectivity index (χ3n) is 6.21. The molecule has 0 radical (unpaired) electrons. The van der Waals surface area contributed by atoms with E-state index in [1.165, 1.54) is 36.1 Å². The second-order valence-electron chi connectivity index (χ2n) is 8.77. The van der Waals surface area contributed by atoms with Crippen molar-refractivity contribution in [3.05, 3.63) is 123 Å². The van der Waals surface area contributed by atoms with E-state index < -0.39 is 34.9 Å². The van der Waals surface area contributed by atoms with Crippen molar-refractivity contribution >= 4 is 18.0 Å². The average Bonchev–Trinajstić information content (AvgIpc) is 3.37. The van der Waals surface area contributed by atoms with Gasteiger partial charge in [-0.25, -0.2) is 22.6 Å². The van der Waals surface area contributed by atoms with Gasteiger partial charge in [0.25, 0.3) is 11.5 Å². The van der Waals surface area contributed by atoms with E-state index in [0.717, 1.165) is 17.0 Å². The second kappa shape index (κ2) is 10.4. The fraction of sp³-hybridized carbons (Fsp3) is 0.107. The predicted octanol–water partition coefficient (Wildman–Crippen LogP) is 4.28. The summed E-state index contributed by atoms with van der Waals surface area (Å²) >= 11 is 0. The molecule has 39 heavy (non-hydrogen) atoms. The first kappa shape index (κ1) is 25.6. The first-order valence-corrected chi connectivity index (χ1v) is 11.7. The number of benzene rings is 3. The zero-order valence-corrected chi connectivity index (χ0v) is 20.5. The van der Waals surface area contributed by atoms with Gasteiger partial charge in [0.15, 0.2) is 11.6 Å². The molecule has 3 aromatic carbocycles. The van der Waals surface area contributed by atoms with Gasteiger partial charge in [0.1, 0.15) is 17.3 Å². The quantitative estimate of drug-likeness (QED) is 0.273. The van der Waals surface area contributed by atoms with Crippen molar-refractivity contribution in [2.75, 3.05) is 7.11 Å². The molecule has 4 aromatic rings. The summed E-state index contributed by atoms with van der Waals surface area (Å²) in [5, 5.41) is 5.48. The summed E-state index contributed by atoms with van der Waals surface area (Å²) in [4.78, 5) is 40.0. The number of hydrogen-bond acceptors (Lipinski definition) is 4. The first-order chi connectivity index (χ1) is 18.7. The molecule has 3 amide bonds. The van der Waals surface area contributed by atoms with Gasteiger partial charge < -0.3 is 10.1 Å². The minimum atomic E-state index is -1.10. The molecule has 0 spiro atoms. The van der Waals surface area contributed by atoms with Crippen molar-refractivity contribution in [1.82, 2.24) is 20.0 Å². The monoisotopic (exact) mass is 534 g/mol. The van der Waals surface area contributed by atoms with Gasteiger partial charge in [-0.15, -0.1) is 0 Å². The van der Waals surface area contributed by atoms with Gasteiger partial charge in [-0.3, -0.25) is 19.6 Å². The van der Waals surface area contributed by atoms with Gasteiger partial charge in [0.2, 0.25) is 0 Å². The second-order valence-corrected chi connectivity index (χ2v) is 8.77. The fourth-order valence-corrected chi connectivity index (χ4v) is 4.18. The maximum atomic E-state index is 13.6. The molecule has 0 bridgehead atoms. The van der Waals surface area contributed by atoms with E-state index >= 15 is 0 Å². The van der Waals surface area contributed by atoms with Crippen molar-refractivity contribution < 1.29 is 27.5 Å². The standard InChI is InChI=1S/C28H21F3N4O4/c1-39-20-9-7-19(8-10-20)35-26(36)21(24(33-35)13-16-2-5-18(29)6-3-16)14-25-27(37)34(28(38)32-25)15-17-4-11-22(30)23(31)12-17/h2-12,14,33H,13,15H2,1H3,(H,32,38). The van der Waals surface area contributed by atoms with Crippen molar-refractivity contribution in [1.29, 1.82) is 0 Å². The Morgan fingerprint density at radius 2 is 1.56 bits per heavy atom. The van der Waals surface area contributed by atoms with Crippen LogP contribution in [0.5, 0.6) is 5.75 Å². The van der Waals surface area contributed by atoms with E-state index in [-0.39, 0.29) is 29.8 Å². The number of halogens is 3. The van der Waals surface area contributed by atoms with Crippen molar-refractivity contribution in [2.45, 2.75) is 13.0 Å². The van der Waals surface area contributed by atoms with E-state index in [1.807, 2.05) is 0 Å². The first-order valence-electron chi connectivity index (χ1n) is 11.7. The Labute approximate surface area is 219 Å². The number of amides is 3. The number of carbonyl (C=O) groups excluding carboxylic acids is 2. The topological polar surface area (TPSA) is 96.4 Å². The van der Waals surface area contributed by atoms with Crippen LogP contribution in [0.3, 0.4) is 0 Å². The number of aromatic nitrogens is 2. The zero-order valence-electron chi connectivity index (χ0n) is 20.5. The highest BCUT2D eigenvalue weighted by Gasteiger charge is 2.34. The third-order valence-corrected chi connectivity index (χ3v) is 6.21. The maximum absolute atomic E-state index is 13.6. The lowest BCUT2D eigenvalue weighted by atomic mass is 10.1. The molecule has 1 fully saturated rings. The minimum Gasteiger partial charge on any atom is -0.497 e. The SMILES string of the molecule is COc1ccc(-n2[nH]c(Cc3ccc(F)cc3)c(C=C3NC(=O)N(Cc4ccc(F)c(F)c4)C3=O)c2=O)cc1. The number of methoxy groups -OCH3 is 1. The number of imide groups is 1. The van der Waals surface area contributed by atoms with Gasteiger partial charge in [0, 0.05) is 12.1 Å². The van der Waals surface area contributed by atoms with Crippen LogP contribution < -0.4 is 15.6 Å². The number of ether oxygens (including phenoxy) is 1. The van der Waals surface area contributed by atoms with Crippen LogP contribution in [0.2, 0.25) is 0 Å². The molecule has 8 nitrogen and oxygen atoms in total. The van der Waals surface area contributed by atoms with E-state index in [0.29, 0.717) is 22.7 Å². The molecule has 2 heterocycles. The Kier molecular flexibility index (Phi) is 6.80. The number of H-pyrrole nitrogens is 1. The van der Waals surface area contributed by atoms with Crippen LogP contribution in [0.25, 0.3) is 11.8 Å². The van der Waals surface area contributed by atoms with Gasteiger partial charge >= 0.3 is 6.03 Å². The number of nitrogens with zero attached hydrogens (tertiary/aromatic N) is 2. The summed E-state index contributed by atoms with van der Waals surface area (Å²) in [6.07, 6.45) is 1.46. The Morgan fingerprint density at radius 1 is 0.872 bits per heavy atom. The lowest BCUT2D eigenvalue weighted by Gasteiger charge is -2.11. The van der Waals surface area contributed by atoms with Crippen LogP contribution in [0, 0.1) is 17.5 Å². The number of carbonyl (C=O) groups is 2. The van der Waals surface area contributed by atoms with E-state index in [4.69, 9.17) is 4.74 Å². The highest BCUT2D eigenvalue weighted by molar-refractivity contribution is 6.13. The van der Waals surface area contributed by atoms with Crippen LogP contribution in [0.4, 0.5) is 18.0 Å². The highest BCUT2D eigenvalue weighted by atomic mass is 19.2. The van der Waals surface area contributed by atoms with Crippen LogP contribution in [0.1, 0.15) is 22.4 Å². The molecule has 1 aromatic heterocycles. The predicted molar refractivity (Wildman–Crippen MR) is 136 cm³/mol. The third kappa shape index (κ3) is 5.19. The van der Waals surface area contributed by atoms with E-state index in [1.54, 1.807) is 36.4 Å². The number of rotatable bonds is 7. The largest absolute Gasteiger partial charge is 0.497 e. The molecule has 1 aliphatic heterocycles. The zero-order chi connectivity index (χ0) is 27.7. The lowest BCUT2D eigenvalue weighted by molar-refractivity contribution is -0.123. The smallest absolute Gasteiger partial charge is 0.329 e. The van der Waals surface area contributed by atoms with Crippen molar-refractivity contribution in [3.63, 3.8) is 0 Å². The van der Waals surface area contributed by atoms with Gasteiger partial charge in [-0.2, -0.15) is 0 Å². The normalized spacial score (nSPS) is 14.3. The Balaban J connectivity index is 1.52. The molecule has 0 unspecified atom stereocenters. The molecule has 1 saturated heterocycles. The summed E-state index contributed by atoms with van der Waals surface area (Å²) in [5.74, 6) is -2.72. The van der Waals surface area contributed by atoms with Crippen molar-refractivity contribution in [2.24, 2.45) is 0 Å². The number of nitrogens with one attached hydrogen (secondary N) is 2. The number of urea groups is 1. The molecular formula is C28H21F3N4O4. The lowest BCUT2D eigenvalue weighted by Crippen LogP contribution is -2.30. The van der Waals surface area contributed by atoms with Crippen LogP contribution in [0.15, 0.2) is 77.2 Å². The van der Waals surface area contributed by atoms with Gasteiger partial charge in [0.05, 0.1) is 24.9 Å². The molecule has 1 aliphatic rings. The summed E-state index contributed by atoms with van der Waals surface area (Å²) in [7, 11) is 1.52. The van der Waals surface area contributed by atoms with Gasteiger partial charge in [-0.05, 0) is 65.7 Å². The Bertz CT molecular complexity index is 1660. The Morgan fingerprint density at radius 3 is 2.23 bits per heavy atom. The summed E-state index contributed by atoms with van der Waals surface area (Å²) < 4.78 is 46.8. The molecule has 0 aliphatic carbocycles. The highest BCUT2D eigenvalue weighted by Crippen LogP contribution is 2.21. The van der Waals surface area contributed by atoms with Gasteiger partial charge in [-0.1, -0.05) is 18.2 Å². The van der Waals surface area contributed by atoms with Crippen LogP contribution in [-0.2, 0) is 17.8 Å². The van der Waals surface area contributed by atoms with Crippen LogP contribution >= 0.6 is 0 Å². The molecule has 198 valence electrons. The summed E-state index contributed by atoms with van der Waals surface area (Å²) in [5.41, 5.74) is 1.25. The van der Waals surface area contributed by atoms with E-state index in [2.05, 4.69) is 10.4 Å². The van der Waals surface area contributed by atoms with Crippen molar-refractivity contribution in [3.8, 4) is 11.4 Å². The summed E-state index contributed by atoms with van der Waals surface area (Å²) in [6, 6.07) is 14.7.